The Morgan fingerprint density at radius 2 is 2.18 bits per heavy atom. The van der Waals surface area contributed by atoms with E-state index in [4.69, 9.17) is 4.74 Å². The van der Waals surface area contributed by atoms with Crippen molar-refractivity contribution in [2.24, 2.45) is 0 Å². The molecule has 1 aromatic rings. The van der Waals surface area contributed by atoms with Crippen LogP contribution in [0.4, 0.5) is 18.9 Å². The number of carbonyl (C=O) groups is 1. The largest absolute Gasteiger partial charge is 0.433 e. The van der Waals surface area contributed by atoms with Crippen LogP contribution in [0.1, 0.15) is 26.5 Å². The van der Waals surface area contributed by atoms with E-state index in [-0.39, 0.29) is 12.5 Å². The molecule has 0 aromatic carbocycles. The van der Waals surface area contributed by atoms with E-state index in [1.807, 2.05) is 0 Å². The highest BCUT2D eigenvalue weighted by atomic mass is 19.4. The van der Waals surface area contributed by atoms with E-state index < -0.39 is 23.6 Å². The minimum atomic E-state index is -4.50. The zero-order valence-corrected chi connectivity index (χ0v) is 12.6. The smallest absolute Gasteiger partial charge is 0.359 e. The summed E-state index contributed by atoms with van der Waals surface area (Å²) in [5.74, 6) is -0.255. The van der Waals surface area contributed by atoms with Crippen LogP contribution in [0.3, 0.4) is 0 Å². The van der Waals surface area contributed by atoms with E-state index in [0.717, 1.165) is 12.3 Å². The van der Waals surface area contributed by atoms with Gasteiger partial charge in [0.2, 0.25) is 5.91 Å². The first-order valence-corrected chi connectivity index (χ1v) is 6.90. The van der Waals surface area contributed by atoms with Gasteiger partial charge < -0.3 is 9.64 Å². The fourth-order valence-corrected chi connectivity index (χ4v) is 2.29. The Morgan fingerprint density at radius 3 is 2.59 bits per heavy atom. The summed E-state index contributed by atoms with van der Waals surface area (Å²) in [5.41, 5.74) is -1.26. The zero-order valence-electron chi connectivity index (χ0n) is 12.6. The van der Waals surface area contributed by atoms with E-state index in [9.17, 15) is 18.0 Å². The molecule has 0 saturated carbocycles. The number of amides is 1. The Kier molecular flexibility index (Phi) is 4.44. The van der Waals surface area contributed by atoms with Crippen molar-refractivity contribution < 1.29 is 22.7 Å². The number of anilines is 1. The van der Waals surface area contributed by atoms with Crippen LogP contribution in [-0.2, 0) is 15.7 Å². The van der Waals surface area contributed by atoms with Gasteiger partial charge in [-0.05, 0) is 32.9 Å². The van der Waals surface area contributed by atoms with Crippen molar-refractivity contribution in [2.75, 3.05) is 18.1 Å². The first-order chi connectivity index (χ1) is 10.1. The highest BCUT2D eigenvalue weighted by Gasteiger charge is 2.37. The van der Waals surface area contributed by atoms with Crippen LogP contribution in [0.15, 0.2) is 18.3 Å². The average Bonchev–Trinajstić information content (AvgIpc) is 2.79. The molecule has 2 rings (SSSR count). The molecule has 8 heteroatoms. The molecule has 22 heavy (non-hydrogen) atoms. The number of alkyl halides is 3. The van der Waals surface area contributed by atoms with Crippen LogP contribution in [-0.4, -0.2) is 35.8 Å². The van der Waals surface area contributed by atoms with Gasteiger partial charge in [-0.15, -0.1) is 0 Å². The summed E-state index contributed by atoms with van der Waals surface area (Å²) in [7, 11) is 0. The second-order valence-corrected chi connectivity index (χ2v) is 5.50. The first-order valence-electron chi connectivity index (χ1n) is 6.90. The molecular formula is C14H18F3N3O2. The highest BCUT2D eigenvalue weighted by Crippen LogP contribution is 2.28. The molecule has 1 aliphatic rings. The van der Waals surface area contributed by atoms with Gasteiger partial charge in [-0.25, -0.2) is 4.98 Å². The predicted molar refractivity (Wildman–Crippen MR) is 74.2 cm³/mol. The van der Waals surface area contributed by atoms with Gasteiger partial charge in [0.15, 0.2) is 0 Å². The predicted octanol–water partition coefficient (Wildman–Crippen LogP) is 2.18. The van der Waals surface area contributed by atoms with Gasteiger partial charge in [0.1, 0.15) is 17.5 Å². The van der Waals surface area contributed by atoms with E-state index in [1.165, 1.54) is 11.0 Å². The van der Waals surface area contributed by atoms with E-state index in [1.54, 1.807) is 20.8 Å². The Bertz CT molecular complexity index is 543. The van der Waals surface area contributed by atoms with E-state index >= 15 is 0 Å². The van der Waals surface area contributed by atoms with Gasteiger partial charge >= 0.3 is 6.18 Å². The normalized spacial score (nSPS) is 20.9. The number of nitrogens with one attached hydrogen (secondary N) is 1. The van der Waals surface area contributed by atoms with Crippen LogP contribution in [0.25, 0.3) is 0 Å². The van der Waals surface area contributed by atoms with Crippen molar-refractivity contribution in [1.82, 2.24) is 10.3 Å². The fraction of sp³-hybridized carbons (Fsp3) is 0.571. The third kappa shape index (κ3) is 3.56. The third-order valence-corrected chi connectivity index (χ3v) is 3.36. The molecule has 1 atom stereocenters. The molecule has 0 unspecified atom stereocenters. The van der Waals surface area contributed by atoms with E-state index in [0.29, 0.717) is 12.2 Å². The van der Waals surface area contributed by atoms with Gasteiger partial charge in [-0.1, -0.05) is 0 Å². The summed E-state index contributed by atoms with van der Waals surface area (Å²) >= 11 is 0. The molecule has 1 aromatic heterocycles. The van der Waals surface area contributed by atoms with Gasteiger partial charge in [-0.2, -0.15) is 13.2 Å². The molecule has 1 amide bonds. The van der Waals surface area contributed by atoms with Crippen LogP contribution in [0.5, 0.6) is 0 Å². The van der Waals surface area contributed by atoms with Crippen LogP contribution < -0.4 is 10.2 Å². The number of ether oxygens (including phenoxy) is 1. The Morgan fingerprint density at radius 1 is 1.50 bits per heavy atom. The highest BCUT2D eigenvalue weighted by molar-refractivity contribution is 5.97. The number of hydrogen-bond acceptors (Lipinski definition) is 4. The molecular weight excluding hydrogens is 299 g/mol. The van der Waals surface area contributed by atoms with Crippen molar-refractivity contribution in [3.05, 3.63) is 24.0 Å². The number of halogens is 3. The molecule has 1 N–H and O–H groups in total. The first kappa shape index (κ1) is 16.7. The molecule has 5 nitrogen and oxygen atoms in total. The van der Waals surface area contributed by atoms with Crippen molar-refractivity contribution in [3.8, 4) is 0 Å². The number of likely N-dealkylation sites (N-methyl/N-ethyl adjacent to an activating group) is 1. The van der Waals surface area contributed by atoms with E-state index in [2.05, 4.69) is 10.3 Å². The number of carbonyl (C=O) groups excluding carboxylic acids is 1. The molecule has 0 spiro atoms. The van der Waals surface area contributed by atoms with Crippen LogP contribution >= 0.6 is 0 Å². The van der Waals surface area contributed by atoms with Crippen LogP contribution in [0, 0.1) is 0 Å². The zero-order chi connectivity index (χ0) is 16.5. The maximum Gasteiger partial charge on any atom is 0.433 e. The SMILES string of the molecule is CCN(C(=O)[C@H]1COC(C)(C)N1)c1ccc(C(F)(F)F)nc1. The number of nitrogens with zero attached hydrogens (tertiary/aromatic N) is 2. The Balaban J connectivity index is 2.16. The van der Waals surface area contributed by atoms with Crippen molar-refractivity contribution >= 4 is 11.6 Å². The summed E-state index contributed by atoms with van der Waals surface area (Å²) in [5, 5.41) is 3.04. The minimum absolute atomic E-state index is 0.219. The molecule has 1 saturated heterocycles. The second-order valence-electron chi connectivity index (χ2n) is 5.50. The maximum atomic E-state index is 12.5. The quantitative estimate of drug-likeness (QED) is 0.928. The average molecular weight is 317 g/mol. The summed E-state index contributed by atoms with van der Waals surface area (Å²) < 4.78 is 43.0. The molecule has 122 valence electrons. The lowest BCUT2D eigenvalue weighted by Gasteiger charge is -2.25. The number of aromatic nitrogens is 1. The lowest BCUT2D eigenvalue weighted by molar-refractivity contribution is -0.141. The third-order valence-electron chi connectivity index (χ3n) is 3.36. The molecule has 1 fully saturated rings. The Labute approximate surface area is 126 Å². The maximum absolute atomic E-state index is 12.5. The van der Waals surface area contributed by atoms with Crippen molar-refractivity contribution in [1.29, 1.82) is 0 Å². The lowest BCUT2D eigenvalue weighted by atomic mass is 10.2. The summed E-state index contributed by atoms with van der Waals surface area (Å²) in [6.07, 6.45) is -3.43. The minimum Gasteiger partial charge on any atom is -0.359 e. The van der Waals surface area contributed by atoms with Gasteiger partial charge in [0.05, 0.1) is 18.5 Å². The van der Waals surface area contributed by atoms with Gasteiger partial charge in [-0.3, -0.25) is 10.1 Å². The van der Waals surface area contributed by atoms with Gasteiger partial charge in [0, 0.05) is 6.54 Å². The Hall–Kier alpha value is -1.67. The summed E-state index contributed by atoms with van der Waals surface area (Å²) in [6, 6.07) is 1.59. The number of rotatable bonds is 3. The molecule has 0 bridgehead atoms. The second kappa shape index (κ2) is 5.85. The molecule has 0 radical (unpaired) electrons. The number of pyridine rings is 1. The fourth-order valence-electron chi connectivity index (χ4n) is 2.29. The summed E-state index contributed by atoms with van der Waals surface area (Å²) in [6.45, 7) is 5.89. The van der Waals surface area contributed by atoms with Gasteiger partial charge in [0.25, 0.3) is 0 Å². The topological polar surface area (TPSA) is 54.5 Å². The molecule has 0 aliphatic carbocycles. The monoisotopic (exact) mass is 317 g/mol. The molecule has 2 heterocycles. The van der Waals surface area contributed by atoms with Crippen molar-refractivity contribution in [2.45, 2.75) is 38.7 Å². The lowest BCUT2D eigenvalue weighted by Crippen LogP contribution is -2.49. The molecule has 1 aliphatic heterocycles. The standard InChI is InChI=1S/C14H18F3N3O2/c1-4-20(12(21)10-8-22-13(2,3)19-10)9-5-6-11(18-7-9)14(15,16)17/h5-7,10,19H,4,8H2,1-3H3/t10-/m1/s1. The summed E-state index contributed by atoms with van der Waals surface area (Å²) in [4.78, 5) is 17.3. The van der Waals surface area contributed by atoms with Crippen molar-refractivity contribution in [3.63, 3.8) is 0 Å². The number of hydrogen-bond donors (Lipinski definition) is 1. The van der Waals surface area contributed by atoms with Crippen LogP contribution in [0.2, 0.25) is 0 Å².